The zero-order valence-electron chi connectivity index (χ0n) is 9.96. The van der Waals surface area contributed by atoms with Crippen LogP contribution in [0.1, 0.15) is 0 Å². The number of nitrogens with zero attached hydrogens (tertiary/aromatic N) is 2. The third-order valence-corrected chi connectivity index (χ3v) is 2.93. The zero-order chi connectivity index (χ0) is 12.5. The summed E-state index contributed by atoms with van der Waals surface area (Å²) in [5.74, 6) is 1.09. The summed E-state index contributed by atoms with van der Waals surface area (Å²) in [7, 11) is 1.93. The number of rotatable bonds is 2. The Morgan fingerprint density at radius 2 is 2.11 bits per heavy atom. The predicted molar refractivity (Wildman–Crippen MR) is 72.1 cm³/mol. The van der Waals surface area contributed by atoms with Crippen molar-refractivity contribution in [1.82, 2.24) is 9.55 Å². The summed E-state index contributed by atoms with van der Waals surface area (Å²) in [6.45, 7) is 0. The summed E-state index contributed by atoms with van der Waals surface area (Å²) in [6, 6.07) is 11.3. The number of imidazole rings is 1. The number of nitrogens with one attached hydrogen (secondary N) is 1. The van der Waals surface area contributed by atoms with E-state index in [2.05, 4.69) is 10.3 Å². The van der Waals surface area contributed by atoms with Crippen molar-refractivity contribution >= 4 is 22.4 Å². The van der Waals surface area contributed by atoms with Crippen LogP contribution in [0.3, 0.4) is 0 Å². The van der Waals surface area contributed by atoms with E-state index < -0.39 is 0 Å². The van der Waals surface area contributed by atoms with Gasteiger partial charge in [0, 0.05) is 30.5 Å². The van der Waals surface area contributed by atoms with Crippen LogP contribution < -0.4 is 5.32 Å². The number of aromatic hydroxyl groups is 1. The summed E-state index contributed by atoms with van der Waals surface area (Å²) < 4.78 is 1.91. The minimum Gasteiger partial charge on any atom is -0.507 e. The molecule has 0 amide bonds. The summed E-state index contributed by atoms with van der Waals surface area (Å²) in [4.78, 5) is 4.21. The summed E-state index contributed by atoms with van der Waals surface area (Å²) in [5.41, 5.74) is 0.947. The normalized spacial score (nSPS) is 10.7. The highest BCUT2D eigenvalue weighted by atomic mass is 16.3. The van der Waals surface area contributed by atoms with E-state index in [1.807, 2.05) is 48.1 Å². The van der Waals surface area contributed by atoms with Crippen LogP contribution in [0.25, 0.3) is 10.8 Å². The highest BCUT2D eigenvalue weighted by Crippen LogP contribution is 2.27. The number of hydrogen-bond acceptors (Lipinski definition) is 3. The third kappa shape index (κ3) is 1.78. The Morgan fingerprint density at radius 3 is 2.89 bits per heavy atom. The van der Waals surface area contributed by atoms with Gasteiger partial charge in [0.05, 0.1) is 0 Å². The van der Waals surface area contributed by atoms with Crippen LogP contribution in [-0.4, -0.2) is 14.7 Å². The maximum Gasteiger partial charge on any atom is 0.207 e. The molecule has 0 aliphatic carbocycles. The molecule has 0 unspecified atom stereocenters. The van der Waals surface area contributed by atoms with Gasteiger partial charge < -0.3 is 15.0 Å². The van der Waals surface area contributed by atoms with Crippen LogP contribution in [0, 0.1) is 0 Å². The van der Waals surface area contributed by atoms with Crippen LogP contribution in [0.2, 0.25) is 0 Å². The number of hydrogen-bond donors (Lipinski definition) is 2. The minimum atomic E-state index is 0.302. The van der Waals surface area contributed by atoms with Crippen LogP contribution in [-0.2, 0) is 7.05 Å². The van der Waals surface area contributed by atoms with E-state index in [-0.39, 0.29) is 0 Å². The Labute approximate surface area is 105 Å². The molecule has 0 fully saturated rings. The van der Waals surface area contributed by atoms with E-state index in [1.165, 1.54) is 0 Å². The van der Waals surface area contributed by atoms with Crippen molar-refractivity contribution in [3.63, 3.8) is 0 Å². The number of phenols is 1. The quantitative estimate of drug-likeness (QED) is 0.722. The SMILES string of the molecule is Cn1ccnc1Nc1ccc2c(O)cccc2c1. The Kier molecular flexibility index (Phi) is 2.41. The maximum absolute atomic E-state index is 9.73. The third-order valence-electron chi connectivity index (χ3n) is 2.93. The molecule has 2 N–H and O–H groups in total. The minimum absolute atomic E-state index is 0.302. The number of benzene rings is 2. The molecule has 0 bridgehead atoms. The molecule has 1 aromatic heterocycles. The topological polar surface area (TPSA) is 50.1 Å². The Bertz CT molecular complexity index is 703. The molecule has 1 heterocycles. The van der Waals surface area contributed by atoms with Crippen LogP contribution in [0.15, 0.2) is 48.8 Å². The molecule has 3 aromatic rings. The average Bonchev–Trinajstić information content (AvgIpc) is 2.75. The van der Waals surface area contributed by atoms with E-state index in [4.69, 9.17) is 0 Å². The van der Waals surface area contributed by atoms with Gasteiger partial charge in [0.25, 0.3) is 0 Å². The monoisotopic (exact) mass is 239 g/mol. The standard InChI is InChI=1S/C14H13N3O/c1-17-8-7-15-14(17)16-11-5-6-12-10(9-11)3-2-4-13(12)18/h2-9,18H,1H3,(H,15,16). The second-order valence-electron chi connectivity index (χ2n) is 4.20. The van der Waals surface area contributed by atoms with Gasteiger partial charge in [-0.1, -0.05) is 12.1 Å². The Morgan fingerprint density at radius 1 is 1.22 bits per heavy atom. The van der Waals surface area contributed by atoms with E-state index in [0.717, 1.165) is 22.4 Å². The number of phenolic OH excluding ortho intramolecular Hbond substituents is 1. The van der Waals surface area contributed by atoms with Gasteiger partial charge in [-0.3, -0.25) is 0 Å². The second kappa shape index (κ2) is 4.07. The van der Waals surface area contributed by atoms with Gasteiger partial charge in [-0.2, -0.15) is 0 Å². The van der Waals surface area contributed by atoms with Gasteiger partial charge in [0.15, 0.2) is 0 Å². The lowest BCUT2D eigenvalue weighted by atomic mass is 10.1. The highest BCUT2D eigenvalue weighted by molar-refractivity contribution is 5.90. The second-order valence-corrected chi connectivity index (χ2v) is 4.20. The summed E-state index contributed by atoms with van der Waals surface area (Å²) >= 11 is 0. The molecule has 0 aliphatic rings. The summed E-state index contributed by atoms with van der Waals surface area (Å²) in [5, 5.41) is 14.8. The van der Waals surface area contributed by atoms with Gasteiger partial charge in [-0.05, 0) is 29.7 Å². The van der Waals surface area contributed by atoms with Gasteiger partial charge in [0.2, 0.25) is 5.95 Å². The van der Waals surface area contributed by atoms with E-state index in [0.29, 0.717) is 5.75 Å². The maximum atomic E-state index is 9.73. The number of aryl methyl sites for hydroxylation is 1. The first-order chi connectivity index (χ1) is 8.74. The van der Waals surface area contributed by atoms with Crippen molar-refractivity contribution < 1.29 is 5.11 Å². The molecule has 0 atom stereocenters. The van der Waals surface area contributed by atoms with Crippen LogP contribution in [0.5, 0.6) is 5.75 Å². The lowest BCUT2D eigenvalue weighted by Crippen LogP contribution is -1.98. The molecular weight excluding hydrogens is 226 g/mol. The molecule has 90 valence electrons. The Balaban J connectivity index is 2.01. The Hall–Kier alpha value is -2.49. The molecule has 0 saturated carbocycles. The molecular formula is C14H13N3O. The molecule has 3 rings (SSSR count). The first-order valence-corrected chi connectivity index (χ1v) is 5.70. The largest absolute Gasteiger partial charge is 0.507 e. The smallest absolute Gasteiger partial charge is 0.207 e. The predicted octanol–water partition coefficient (Wildman–Crippen LogP) is 3.02. The molecule has 0 saturated heterocycles. The van der Waals surface area contributed by atoms with E-state index in [1.54, 1.807) is 12.3 Å². The fraction of sp³-hybridized carbons (Fsp3) is 0.0714. The van der Waals surface area contributed by atoms with Crippen molar-refractivity contribution in [3.8, 4) is 5.75 Å². The lowest BCUT2D eigenvalue weighted by Gasteiger charge is -2.07. The number of anilines is 2. The highest BCUT2D eigenvalue weighted by Gasteiger charge is 2.02. The molecule has 4 nitrogen and oxygen atoms in total. The fourth-order valence-corrected chi connectivity index (χ4v) is 1.96. The van der Waals surface area contributed by atoms with Crippen molar-refractivity contribution in [2.45, 2.75) is 0 Å². The van der Waals surface area contributed by atoms with Crippen molar-refractivity contribution in [2.75, 3.05) is 5.32 Å². The molecule has 4 heteroatoms. The first-order valence-electron chi connectivity index (χ1n) is 5.70. The van der Waals surface area contributed by atoms with Crippen molar-refractivity contribution in [2.24, 2.45) is 7.05 Å². The van der Waals surface area contributed by atoms with Gasteiger partial charge in [-0.15, -0.1) is 0 Å². The van der Waals surface area contributed by atoms with Gasteiger partial charge >= 0.3 is 0 Å². The molecule has 2 aromatic carbocycles. The average molecular weight is 239 g/mol. The molecule has 18 heavy (non-hydrogen) atoms. The lowest BCUT2D eigenvalue weighted by molar-refractivity contribution is 0.481. The van der Waals surface area contributed by atoms with Gasteiger partial charge in [0.1, 0.15) is 5.75 Å². The first kappa shape index (κ1) is 10.7. The van der Waals surface area contributed by atoms with Gasteiger partial charge in [-0.25, -0.2) is 4.98 Å². The summed E-state index contributed by atoms with van der Waals surface area (Å²) in [6.07, 6.45) is 3.63. The fourth-order valence-electron chi connectivity index (χ4n) is 1.96. The molecule has 0 radical (unpaired) electrons. The zero-order valence-corrected chi connectivity index (χ0v) is 9.96. The van der Waals surface area contributed by atoms with E-state index >= 15 is 0 Å². The van der Waals surface area contributed by atoms with Crippen LogP contribution in [0.4, 0.5) is 11.6 Å². The van der Waals surface area contributed by atoms with Crippen LogP contribution >= 0.6 is 0 Å². The van der Waals surface area contributed by atoms with Crippen molar-refractivity contribution in [3.05, 3.63) is 48.8 Å². The molecule has 0 spiro atoms. The number of fused-ring (bicyclic) bond motifs is 1. The number of aromatic nitrogens is 2. The van der Waals surface area contributed by atoms with E-state index in [9.17, 15) is 5.11 Å². The van der Waals surface area contributed by atoms with Crippen molar-refractivity contribution in [1.29, 1.82) is 0 Å². The molecule has 0 aliphatic heterocycles.